The summed E-state index contributed by atoms with van der Waals surface area (Å²) in [5, 5.41) is 36.8. The first-order valence-electron chi connectivity index (χ1n) is 14.1. The molecule has 2 atom stereocenters. The van der Waals surface area contributed by atoms with Crippen LogP contribution in [0.25, 0.3) is 11.3 Å². The summed E-state index contributed by atoms with van der Waals surface area (Å²) in [5.74, 6) is -4.47. The van der Waals surface area contributed by atoms with E-state index in [0.717, 1.165) is 0 Å². The molecule has 0 spiro atoms. The molecule has 3 aromatic rings. The second kappa shape index (κ2) is 16.5. The van der Waals surface area contributed by atoms with E-state index < -0.39 is 47.4 Å². The molecule has 0 radical (unpaired) electrons. The smallest absolute Gasteiger partial charge is 0.291 e. The molecule has 47 heavy (non-hydrogen) atoms. The highest BCUT2D eigenvalue weighted by molar-refractivity contribution is 6.34. The molecule has 0 unspecified atom stereocenters. The largest absolute Gasteiger partial charge is 0.483 e. The number of carbonyl (C=O) groups is 4. The standard InChI is InChI=1S/C29H30ClF2N7O5.CH2O2/c1-3-29(43)13-20(37-15-29)27(41)35-10-9-34-26(40)17-5-4-16(12-19(17)30)38-28(42)25-36-14-21(39(25)2)18-6-7-22(44-11-8-33)24(32)23(18)31;2-1-3/h4-7,12,14,20,37,43H,3,9-11,13,15H2,1-2H3,(H,34,40)(H,35,41)(H,38,42);1H,(H,2,3)/t20-,29-;/m1./s1. The SMILES string of the molecule is CC[C@]1(O)CN[C@@H](C(=O)NCCNC(=O)c2ccc(NC(=O)c3ncc(-c4ccc(OCC#N)c(F)c4F)n3C)cc2Cl)C1.O=CO. The molecule has 0 bridgehead atoms. The van der Waals surface area contributed by atoms with E-state index in [2.05, 4.69) is 26.3 Å². The molecule has 4 rings (SSSR count). The first-order valence-corrected chi connectivity index (χ1v) is 14.5. The Bertz CT molecular complexity index is 1680. The molecular formula is C30H32ClF2N7O7. The number of nitriles is 1. The number of carbonyl (C=O) groups excluding carboxylic acids is 3. The molecule has 2 heterocycles. The van der Waals surface area contributed by atoms with Crippen LogP contribution in [0.3, 0.4) is 0 Å². The predicted molar refractivity (Wildman–Crippen MR) is 165 cm³/mol. The van der Waals surface area contributed by atoms with Crippen molar-refractivity contribution in [3.8, 4) is 23.1 Å². The third-order valence-corrected chi connectivity index (χ3v) is 7.54. The summed E-state index contributed by atoms with van der Waals surface area (Å²) >= 11 is 6.30. The lowest BCUT2D eigenvalue weighted by molar-refractivity contribution is -0.123. The number of hydrogen-bond acceptors (Lipinski definition) is 9. The number of halogens is 3. The van der Waals surface area contributed by atoms with Gasteiger partial charge in [0, 0.05) is 44.4 Å². The number of rotatable bonds is 11. The van der Waals surface area contributed by atoms with Crippen molar-refractivity contribution in [1.82, 2.24) is 25.5 Å². The number of aromatic nitrogens is 2. The van der Waals surface area contributed by atoms with Gasteiger partial charge >= 0.3 is 0 Å². The molecule has 1 fully saturated rings. The van der Waals surface area contributed by atoms with Crippen molar-refractivity contribution in [3.63, 3.8) is 0 Å². The summed E-state index contributed by atoms with van der Waals surface area (Å²) in [5.41, 5.74) is -0.567. The molecule has 17 heteroatoms. The van der Waals surface area contributed by atoms with Gasteiger partial charge in [0.15, 0.2) is 24.0 Å². The van der Waals surface area contributed by atoms with E-state index in [4.69, 9.17) is 31.5 Å². The van der Waals surface area contributed by atoms with Crippen LogP contribution in [0.2, 0.25) is 5.02 Å². The Labute approximate surface area is 272 Å². The Hall–Kier alpha value is -5.11. The monoisotopic (exact) mass is 675 g/mol. The quantitative estimate of drug-likeness (QED) is 0.129. The van der Waals surface area contributed by atoms with Crippen molar-refractivity contribution < 1.29 is 42.9 Å². The normalized spacial score (nSPS) is 16.7. The first-order chi connectivity index (χ1) is 22.4. The van der Waals surface area contributed by atoms with E-state index in [-0.39, 0.29) is 58.8 Å². The Balaban J connectivity index is 0.00000192. The van der Waals surface area contributed by atoms with Crippen molar-refractivity contribution >= 4 is 41.5 Å². The van der Waals surface area contributed by atoms with Gasteiger partial charge in [0.1, 0.15) is 6.07 Å². The van der Waals surface area contributed by atoms with E-state index in [1.165, 1.54) is 48.1 Å². The number of carboxylic acid groups (broad SMARTS) is 1. The molecule has 2 aromatic carbocycles. The molecule has 0 aliphatic carbocycles. The molecule has 1 aromatic heterocycles. The van der Waals surface area contributed by atoms with Crippen molar-refractivity contribution in [2.24, 2.45) is 7.05 Å². The minimum atomic E-state index is -1.28. The maximum atomic E-state index is 14.7. The third-order valence-electron chi connectivity index (χ3n) is 7.22. The van der Waals surface area contributed by atoms with Gasteiger partial charge in [-0.2, -0.15) is 9.65 Å². The van der Waals surface area contributed by atoms with Gasteiger partial charge in [0.25, 0.3) is 18.3 Å². The van der Waals surface area contributed by atoms with Gasteiger partial charge < -0.3 is 40.8 Å². The van der Waals surface area contributed by atoms with Crippen molar-refractivity contribution in [2.45, 2.75) is 31.4 Å². The summed E-state index contributed by atoms with van der Waals surface area (Å²) < 4.78 is 35.3. The zero-order valence-corrected chi connectivity index (χ0v) is 26.0. The number of imidazole rings is 1. The number of nitrogens with zero attached hydrogens (tertiary/aromatic N) is 3. The van der Waals surface area contributed by atoms with E-state index in [1.54, 1.807) is 6.07 Å². The molecular weight excluding hydrogens is 644 g/mol. The predicted octanol–water partition coefficient (Wildman–Crippen LogP) is 2.22. The number of benzene rings is 2. The van der Waals surface area contributed by atoms with Crippen LogP contribution in [0.15, 0.2) is 36.5 Å². The van der Waals surface area contributed by atoms with E-state index in [0.29, 0.717) is 19.4 Å². The minimum Gasteiger partial charge on any atom is -0.483 e. The number of ether oxygens (including phenoxy) is 1. The number of hydrogen-bond donors (Lipinski definition) is 6. The van der Waals surface area contributed by atoms with Crippen LogP contribution in [0.4, 0.5) is 14.5 Å². The lowest BCUT2D eigenvalue weighted by Gasteiger charge is -2.18. The van der Waals surface area contributed by atoms with Crippen LogP contribution in [0.1, 0.15) is 40.7 Å². The fraction of sp³-hybridized carbons (Fsp3) is 0.333. The Morgan fingerprint density at radius 2 is 1.91 bits per heavy atom. The van der Waals surface area contributed by atoms with Crippen molar-refractivity contribution in [2.75, 3.05) is 31.6 Å². The van der Waals surface area contributed by atoms with Gasteiger partial charge in [0.05, 0.1) is 34.1 Å². The highest BCUT2D eigenvalue weighted by Crippen LogP contribution is 2.30. The third kappa shape index (κ3) is 9.00. The Morgan fingerprint density at radius 1 is 1.21 bits per heavy atom. The maximum absolute atomic E-state index is 14.7. The van der Waals surface area contributed by atoms with Gasteiger partial charge in [0.2, 0.25) is 11.7 Å². The van der Waals surface area contributed by atoms with Gasteiger partial charge in [-0.1, -0.05) is 18.5 Å². The van der Waals surface area contributed by atoms with Crippen molar-refractivity contribution in [3.05, 3.63) is 64.6 Å². The average molecular weight is 676 g/mol. The summed E-state index contributed by atoms with van der Waals surface area (Å²) in [6, 6.07) is 7.84. The molecule has 3 amide bonds. The number of β-amino-alcohol motifs (C(OH)–C–C–N with tert-alkyl or cyclic N) is 1. The summed E-state index contributed by atoms with van der Waals surface area (Å²) in [6.45, 7) is 1.79. The second-order valence-electron chi connectivity index (χ2n) is 10.2. The molecule has 6 N–H and O–H groups in total. The van der Waals surface area contributed by atoms with Crippen LogP contribution >= 0.6 is 11.6 Å². The molecule has 250 valence electrons. The van der Waals surface area contributed by atoms with Crippen LogP contribution in [0, 0.1) is 23.0 Å². The molecule has 0 saturated carbocycles. The zero-order chi connectivity index (χ0) is 34.7. The van der Waals surface area contributed by atoms with Crippen LogP contribution < -0.4 is 26.0 Å². The maximum Gasteiger partial charge on any atom is 0.291 e. The molecule has 14 nitrogen and oxygen atoms in total. The minimum absolute atomic E-state index is 0.0510. The first kappa shape index (κ1) is 36.4. The average Bonchev–Trinajstić information content (AvgIpc) is 3.63. The number of amides is 3. The number of nitrogens with one attached hydrogen (secondary N) is 4. The fourth-order valence-corrected chi connectivity index (χ4v) is 4.92. The van der Waals surface area contributed by atoms with Gasteiger partial charge in [-0.05, 0) is 36.8 Å². The van der Waals surface area contributed by atoms with E-state index >= 15 is 0 Å². The number of anilines is 1. The lowest BCUT2D eigenvalue weighted by Crippen LogP contribution is -2.43. The van der Waals surface area contributed by atoms with Gasteiger partial charge in [-0.15, -0.1) is 0 Å². The summed E-state index contributed by atoms with van der Waals surface area (Å²) in [7, 11) is 1.45. The van der Waals surface area contributed by atoms with Crippen LogP contribution in [-0.4, -0.2) is 81.8 Å². The lowest BCUT2D eigenvalue weighted by atomic mass is 9.97. The topological polar surface area (TPSA) is 208 Å². The van der Waals surface area contributed by atoms with E-state index in [1.807, 2.05) is 6.92 Å². The highest BCUT2D eigenvalue weighted by atomic mass is 35.5. The molecule has 1 aliphatic rings. The molecule has 1 aliphatic heterocycles. The number of aliphatic hydroxyl groups is 1. The molecule has 1 saturated heterocycles. The van der Waals surface area contributed by atoms with Gasteiger partial charge in [-0.25, -0.2) is 9.37 Å². The second-order valence-corrected chi connectivity index (χ2v) is 10.6. The highest BCUT2D eigenvalue weighted by Gasteiger charge is 2.38. The van der Waals surface area contributed by atoms with Gasteiger partial charge in [-0.3, -0.25) is 19.2 Å². The summed E-state index contributed by atoms with van der Waals surface area (Å²) in [4.78, 5) is 50.2. The van der Waals surface area contributed by atoms with Crippen LogP contribution in [0.5, 0.6) is 5.75 Å². The Morgan fingerprint density at radius 3 is 2.55 bits per heavy atom. The zero-order valence-electron chi connectivity index (χ0n) is 25.3. The van der Waals surface area contributed by atoms with Crippen LogP contribution in [-0.2, 0) is 16.6 Å². The summed E-state index contributed by atoms with van der Waals surface area (Å²) in [6.07, 6.45) is 2.06. The Kier molecular flexibility index (Phi) is 12.7. The fourth-order valence-electron chi connectivity index (χ4n) is 4.66. The van der Waals surface area contributed by atoms with E-state index in [9.17, 15) is 28.3 Å². The van der Waals surface area contributed by atoms with Crippen molar-refractivity contribution in [1.29, 1.82) is 5.26 Å².